The van der Waals surface area contributed by atoms with Crippen LogP contribution in [0.4, 0.5) is 0 Å². The Labute approximate surface area is 89.4 Å². The van der Waals surface area contributed by atoms with Crippen molar-refractivity contribution in [1.29, 1.82) is 0 Å². The van der Waals surface area contributed by atoms with Gasteiger partial charge in [0.1, 0.15) is 0 Å². The second-order valence-electron chi connectivity index (χ2n) is 3.71. The second-order valence-corrected chi connectivity index (χ2v) is 3.71. The minimum atomic E-state index is 0.0307. The highest BCUT2D eigenvalue weighted by Crippen LogP contribution is 2.21. The number of rotatable bonds is 2. The third-order valence-corrected chi connectivity index (χ3v) is 2.73. The van der Waals surface area contributed by atoms with Crippen molar-refractivity contribution in [3.05, 3.63) is 33.9 Å². The first-order valence-electron chi connectivity index (χ1n) is 4.78. The molecule has 0 spiro atoms. The number of carbonyl (C=O) groups is 1. The average molecular weight is 205 g/mol. The van der Waals surface area contributed by atoms with E-state index in [1.807, 2.05) is 26.8 Å². The molecule has 80 valence electrons. The molecule has 1 aromatic carbocycles. The van der Waals surface area contributed by atoms with Crippen LogP contribution in [0.1, 0.15) is 39.5 Å². The van der Waals surface area contributed by atoms with Crippen molar-refractivity contribution in [3.8, 4) is 0 Å². The SMILES string of the molecule is CC(=O)c1cc(C)c(C)c(/C=N/O)c1C. The van der Waals surface area contributed by atoms with Crippen LogP contribution in [-0.2, 0) is 0 Å². The number of Topliss-reactive ketones (excluding diaryl/α,β-unsaturated/α-hetero) is 1. The summed E-state index contributed by atoms with van der Waals surface area (Å²) in [6.45, 7) is 7.29. The van der Waals surface area contributed by atoms with Gasteiger partial charge >= 0.3 is 0 Å². The summed E-state index contributed by atoms with van der Waals surface area (Å²) in [5, 5.41) is 11.6. The van der Waals surface area contributed by atoms with Gasteiger partial charge in [0.25, 0.3) is 0 Å². The summed E-state index contributed by atoms with van der Waals surface area (Å²) < 4.78 is 0. The number of nitrogens with zero attached hydrogens (tertiary/aromatic N) is 1. The monoisotopic (exact) mass is 205 g/mol. The van der Waals surface area contributed by atoms with Crippen LogP contribution in [0.5, 0.6) is 0 Å². The number of hydrogen-bond donors (Lipinski definition) is 1. The number of benzene rings is 1. The summed E-state index contributed by atoms with van der Waals surface area (Å²) in [5.41, 5.74) is 4.44. The van der Waals surface area contributed by atoms with E-state index in [0.717, 1.165) is 22.3 Å². The Morgan fingerprint density at radius 1 is 1.33 bits per heavy atom. The van der Waals surface area contributed by atoms with Gasteiger partial charge in [-0.25, -0.2) is 0 Å². The molecule has 0 saturated carbocycles. The van der Waals surface area contributed by atoms with Crippen molar-refractivity contribution in [1.82, 2.24) is 0 Å². The zero-order valence-electron chi connectivity index (χ0n) is 9.46. The van der Waals surface area contributed by atoms with E-state index in [-0.39, 0.29) is 5.78 Å². The summed E-state index contributed by atoms with van der Waals surface area (Å²) in [5.74, 6) is 0.0307. The maximum atomic E-state index is 11.4. The molecule has 0 unspecified atom stereocenters. The van der Waals surface area contributed by atoms with Crippen LogP contribution in [0.3, 0.4) is 0 Å². The fourth-order valence-electron chi connectivity index (χ4n) is 1.69. The van der Waals surface area contributed by atoms with Crippen molar-refractivity contribution in [3.63, 3.8) is 0 Å². The van der Waals surface area contributed by atoms with E-state index in [1.54, 1.807) is 0 Å². The smallest absolute Gasteiger partial charge is 0.160 e. The molecule has 0 heterocycles. The molecule has 0 fully saturated rings. The van der Waals surface area contributed by atoms with Crippen LogP contribution in [-0.4, -0.2) is 17.2 Å². The summed E-state index contributed by atoms with van der Waals surface area (Å²) >= 11 is 0. The van der Waals surface area contributed by atoms with Gasteiger partial charge in [-0.05, 0) is 50.5 Å². The Bertz CT molecular complexity index is 434. The van der Waals surface area contributed by atoms with E-state index in [2.05, 4.69) is 5.16 Å². The minimum Gasteiger partial charge on any atom is -0.411 e. The predicted octanol–water partition coefficient (Wildman–Crippen LogP) is 2.62. The molecule has 0 aliphatic carbocycles. The fourth-order valence-corrected chi connectivity index (χ4v) is 1.69. The van der Waals surface area contributed by atoms with Crippen LogP contribution in [0.15, 0.2) is 11.2 Å². The fraction of sp³-hybridized carbons (Fsp3) is 0.333. The molecule has 0 bridgehead atoms. The predicted molar refractivity (Wildman–Crippen MR) is 60.0 cm³/mol. The van der Waals surface area contributed by atoms with E-state index < -0.39 is 0 Å². The van der Waals surface area contributed by atoms with Gasteiger partial charge < -0.3 is 5.21 Å². The summed E-state index contributed by atoms with van der Waals surface area (Å²) in [6.07, 6.45) is 1.38. The summed E-state index contributed by atoms with van der Waals surface area (Å²) in [6, 6.07) is 1.88. The summed E-state index contributed by atoms with van der Waals surface area (Å²) in [4.78, 5) is 11.4. The van der Waals surface area contributed by atoms with Crippen LogP contribution in [0.25, 0.3) is 0 Å². The molecule has 1 rings (SSSR count). The van der Waals surface area contributed by atoms with Gasteiger partial charge in [-0.1, -0.05) is 5.16 Å². The molecule has 0 aliphatic heterocycles. The molecule has 0 aliphatic rings. The molecular formula is C12H15NO2. The lowest BCUT2D eigenvalue weighted by atomic mass is 9.93. The number of hydrogen-bond acceptors (Lipinski definition) is 3. The molecule has 0 amide bonds. The number of carbonyl (C=O) groups excluding carboxylic acids is 1. The number of oxime groups is 1. The highest BCUT2D eigenvalue weighted by molar-refractivity contribution is 5.99. The maximum Gasteiger partial charge on any atom is 0.160 e. The van der Waals surface area contributed by atoms with Gasteiger partial charge in [0.15, 0.2) is 5.78 Å². The highest BCUT2D eigenvalue weighted by Gasteiger charge is 2.11. The molecule has 15 heavy (non-hydrogen) atoms. The molecule has 0 saturated heterocycles. The third kappa shape index (κ3) is 2.06. The Kier molecular flexibility index (Phi) is 3.24. The van der Waals surface area contributed by atoms with Crippen LogP contribution in [0, 0.1) is 20.8 Å². The molecule has 0 radical (unpaired) electrons. The quantitative estimate of drug-likeness (QED) is 0.349. The third-order valence-electron chi connectivity index (χ3n) is 2.73. The van der Waals surface area contributed by atoms with E-state index in [1.165, 1.54) is 13.1 Å². The normalized spacial score (nSPS) is 10.9. The zero-order valence-corrected chi connectivity index (χ0v) is 9.46. The van der Waals surface area contributed by atoms with Gasteiger partial charge in [-0.3, -0.25) is 4.79 Å². The molecule has 0 aromatic heterocycles. The Morgan fingerprint density at radius 3 is 2.40 bits per heavy atom. The molecular weight excluding hydrogens is 190 g/mol. The lowest BCUT2D eigenvalue weighted by Crippen LogP contribution is -2.04. The van der Waals surface area contributed by atoms with Gasteiger partial charge in [0.05, 0.1) is 6.21 Å². The van der Waals surface area contributed by atoms with Crippen LogP contribution >= 0.6 is 0 Å². The lowest BCUT2D eigenvalue weighted by molar-refractivity contribution is 0.101. The largest absolute Gasteiger partial charge is 0.411 e. The zero-order chi connectivity index (χ0) is 11.6. The maximum absolute atomic E-state index is 11.4. The minimum absolute atomic E-state index is 0.0307. The molecule has 0 atom stereocenters. The van der Waals surface area contributed by atoms with E-state index in [4.69, 9.17) is 5.21 Å². The standard InChI is InChI=1S/C12H15NO2/c1-7-5-11(10(4)14)9(3)12(6-13-15)8(7)2/h5-6,15H,1-4H3/b13-6+. The Morgan fingerprint density at radius 2 is 1.93 bits per heavy atom. The van der Waals surface area contributed by atoms with Crippen molar-refractivity contribution < 1.29 is 10.0 Å². The van der Waals surface area contributed by atoms with E-state index in [9.17, 15) is 4.79 Å². The molecule has 1 aromatic rings. The Hall–Kier alpha value is -1.64. The van der Waals surface area contributed by atoms with Crippen molar-refractivity contribution in [2.45, 2.75) is 27.7 Å². The van der Waals surface area contributed by atoms with Crippen LogP contribution < -0.4 is 0 Å². The second kappa shape index (κ2) is 4.26. The first-order chi connectivity index (χ1) is 6.99. The molecule has 3 nitrogen and oxygen atoms in total. The number of aryl methyl sites for hydroxylation is 1. The Balaban J connectivity index is 3.55. The highest BCUT2D eigenvalue weighted by atomic mass is 16.4. The lowest BCUT2D eigenvalue weighted by Gasteiger charge is -2.11. The van der Waals surface area contributed by atoms with Gasteiger partial charge in [-0.15, -0.1) is 0 Å². The first-order valence-corrected chi connectivity index (χ1v) is 4.78. The van der Waals surface area contributed by atoms with Gasteiger partial charge in [-0.2, -0.15) is 0 Å². The average Bonchev–Trinajstić information content (AvgIpc) is 2.18. The van der Waals surface area contributed by atoms with Gasteiger partial charge in [0, 0.05) is 11.1 Å². The summed E-state index contributed by atoms with van der Waals surface area (Å²) in [7, 11) is 0. The first kappa shape index (κ1) is 11.4. The van der Waals surface area contributed by atoms with Crippen molar-refractivity contribution in [2.75, 3.05) is 0 Å². The van der Waals surface area contributed by atoms with E-state index >= 15 is 0 Å². The van der Waals surface area contributed by atoms with Gasteiger partial charge in [0.2, 0.25) is 0 Å². The van der Waals surface area contributed by atoms with E-state index in [0.29, 0.717) is 5.56 Å². The molecule has 3 heteroatoms. The molecule has 1 N–H and O–H groups in total. The van der Waals surface area contributed by atoms with Crippen LogP contribution in [0.2, 0.25) is 0 Å². The van der Waals surface area contributed by atoms with Crippen molar-refractivity contribution in [2.24, 2.45) is 5.16 Å². The van der Waals surface area contributed by atoms with Crippen molar-refractivity contribution >= 4 is 12.0 Å². The number of ketones is 1. The topological polar surface area (TPSA) is 49.7 Å².